The Balaban J connectivity index is 2.08. The largest absolute Gasteiger partial charge is 0.369 e. The van der Waals surface area contributed by atoms with Gasteiger partial charge >= 0.3 is 0 Å². The Morgan fingerprint density at radius 2 is 2.39 bits per heavy atom. The summed E-state index contributed by atoms with van der Waals surface area (Å²) in [4.78, 5) is 4.39. The maximum Gasteiger partial charge on any atom is 0.201 e. The van der Waals surface area contributed by atoms with Crippen molar-refractivity contribution < 1.29 is 0 Å². The highest BCUT2D eigenvalue weighted by molar-refractivity contribution is 8.00. The Kier molecular flexibility index (Phi) is 2.94. The zero-order chi connectivity index (χ0) is 12.8. The van der Waals surface area contributed by atoms with Crippen molar-refractivity contribution in [1.82, 2.24) is 9.55 Å². The molecule has 0 spiro atoms. The lowest BCUT2D eigenvalue weighted by molar-refractivity contribution is 0.522. The van der Waals surface area contributed by atoms with E-state index in [2.05, 4.69) is 16.5 Å². The first kappa shape index (κ1) is 12.2. The summed E-state index contributed by atoms with van der Waals surface area (Å²) in [5.74, 6) is 1.79. The maximum atomic E-state index is 6.28. The van der Waals surface area contributed by atoms with Gasteiger partial charge in [-0.05, 0) is 37.7 Å². The van der Waals surface area contributed by atoms with Crippen LogP contribution in [-0.4, -0.2) is 20.1 Å². The summed E-state index contributed by atoms with van der Waals surface area (Å²) in [6.07, 6.45) is 2.50. The van der Waals surface area contributed by atoms with Gasteiger partial charge in [0.15, 0.2) is 0 Å². The molecular formula is C13H16ClN3S. The fourth-order valence-corrected chi connectivity index (χ4v) is 4.18. The molecular weight excluding hydrogens is 266 g/mol. The van der Waals surface area contributed by atoms with Gasteiger partial charge in [0.25, 0.3) is 0 Å². The number of thioether (sulfide) groups is 1. The molecule has 1 unspecified atom stereocenters. The predicted molar refractivity (Wildman–Crippen MR) is 79.3 cm³/mol. The number of nitrogens with two attached hydrogens (primary N) is 1. The van der Waals surface area contributed by atoms with Crippen molar-refractivity contribution in [2.24, 2.45) is 0 Å². The molecule has 0 aliphatic carbocycles. The number of para-hydroxylation sites is 1. The number of hydrogen-bond donors (Lipinski definition) is 1. The Labute approximate surface area is 116 Å². The van der Waals surface area contributed by atoms with Gasteiger partial charge in [-0.2, -0.15) is 11.8 Å². The zero-order valence-electron chi connectivity index (χ0n) is 10.3. The molecule has 3 nitrogen and oxygen atoms in total. The molecule has 96 valence electrons. The molecule has 1 saturated heterocycles. The van der Waals surface area contributed by atoms with Crippen LogP contribution in [0.15, 0.2) is 18.2 Å². The maximum absolute atomic E-state index is 6.28. The smallest absolute Gasteiger partial charge is 0.201 e. The zero-order valence-corrected chi connectivity index (χ0v) is 11.9. The average Bonchev–Trinajstić information content (AvgIpc) is 2.86. The summed E-state index contributed by atoms with van der Waals surface area (Å²) >= 11 is 8.30. The SMILES string of the molecule is CC1(Cn2c(N)nc3cccc(Cl)c32)CCCS1. The fourth-order valence-electron chi connectivity index (χ4n) is 2.62. The number of halogens is 1. The Hall–Kier alpha value is -0.870. The van der Waals surface area contributed by atoms with Crippen molar-refractivity contribution in [2.75, 3.05) is 11.5 Å². The second-order valence-electron chi connectivity index (χ2n) is 5.07. The Morgan fingerprint density at radius 1 is 1.56 bits per heavy atom. The summed E-state index contributed by atoms with van der Waals surface area (Å²) in [6.45, 7) is 3.18. The molecule has 0 radical (unpaired) electrons. The molecule has 3 rings (SSSR count). The van der Waals surface area contributed by atoms with Crippen molar-refractivity contribution in [2.45, 2.75) is 31.1 Å². The number of imidazole rings is 1. The second-order valence-corrected chi connectivity index (χ2v) is 7.16. The van der Waals surface area contributed by atoms with Crippen LogP contribution in [0, 0.1) is 0 Å². The van der Waals surface area contributed by atoms with Crippen LogP contribution in [0.3, 0.4) is 0 Å². The minimum Gasteiger partial charge on any atom is -0.369 e. The molecule has 1 aromatic carbocycles. The highest BCUT2D eigenvalue weighted by Gasteiger charge is 2.31. The number of hydrogen-bond acceptors (Lipinski definition) is 3. The molecule has 2 N–H and O–H groups in total. The first-order valence-electron chi connectivity index (χ1n) is 6.13. The van der Waals surface area contributed by atoms with Crippen LogP contribution < -0.4 is 5.73 Å². The normalized spacial score (nSPS) is 23.9. The minimum absolute atomic E-state index is 0.251. The van der Waals surface area contributed by atoms with Crippen LogP contribution in [0.1, 0.15) is 19.8 Å². The van der Waals surface area contributed by atoms with Gasteiger partial charge in [0, 0.05) is 11.3 Å². The van der Waals surface area contributed by atoms with Gasteiger partial charge in [-0.3, -0.25) is 0 Å². The Morgan fingerprint density at radius 3 is 3.11 bits per heavy atom. The number of benzene rings is 1. The van der Waals surface area contributed by atoms with Gasteiger partial charge in [-0.15, -0.1) is 0 Å². The topological polar surface area (TPSA) is 43.8 Å². The first-order valence-corrected chi connectivity index (χ1v) is 7.50. The number of fused-ring (bicyclic) bond motifs is 1. The molecule has 5 heteroatoms. The van der Waals surface area contributed by atoms with Crippen molar-refractivity contribution in [3.05, 3.63) is 23.2 Å². The molecule has 2 heterocycles. The van der Waals surface area contributed by atoms with E-state index in [0.29, 0.717) is 5.95 Å². The third-order valence-corrected chi connectivity index (χ3v) is 5.37. The molecule has 2 aromatic rings. The van der Waals surface area contributed by atoms with E-state index in [1.54, 1.807) is 0 Å². The van der Waals surface area contributed by atoms with Crippen molar-refractivity contribution in [1.29, 1.82) is 0 Å². The predicted octanol–water partition coefficient (Wildman–Crippen LogP) is 3.56. The molecule has 1 atom stereocenters. The molecule has 0 bridgehead atoms. The van der Waals surface area contributed by atoms with Crippen LogP contribution in [0.5, 0.6) is 0 Å². The van der Waals surface area contributed by atoms with Gasteiger partial charge in [-0.1, -0.05) is 17.7 Å². The van der Waals surface area contributed by atoms with Crippen LogP contribution in [0.2, 0.25) is 5.02 Å². The van der Waals surface area contributed by atoms with E-state index in [-0.39, 0.29) is 4.75 Å². The van der Waals surface area contributed by atoms with E-state index >= 15 is 0 Å². The highest BCUT2D eigenvalue weighted by atomic mass is 35.5. The monoisotopic (exact) mass is 281 g/mol. The molecule has 18 heavy (non-hydrogen) atoms. The standard InChI is InChI=1S/C13H16ClN3S/c1-13(6-3-7-18-13)8-17-11-9(14)4-2-5-10(11)16-12(17)15/h2,4-5H,3,6-8H2,1H3,(H2,15,16). The lowest BCUT2D eigenvalue weighted by atomic mass is 10.1. The third kappa shape index (κ3) is 1.97. The van der Waals surface area contributed by atoms with Crippen LogP contribution in [0.25, 0.3) is 11.0 Å². The highest BCUT2D eigenvalue weighted by Crippen LogP contribution is 2.40. The van der Waals surface area contributed by atoms with E-state index in [1.165, 1.54) is 18.6 Å². The summed E-state index contributed by atoms with van der Waals surface area (Å²) < 4.78 is 2.32. The van der Waals surface area contributed by atoms with Gasteiger partial charge in [-0.25, -0.2) is 4.98 Å². The molecule has 0 saturated carbocycles. The lowest BCUT2D eigenvalue weighted by Gasteiger charge is -2.24. The van der Waals surface area contributed by atoms with Crippen LogP contribution in [-0.2, 0) is 6.54 Å². The molecule has 0 amide bonds. The van der Waals surface area contributed by atoms with Crippen LogP contribution >= 0.6 is 23.4 Å². The summed E-state index contributed by atoms with van der Waals surface area (Å²) in [6, 6.07) is 5.76. The molecule has 1 aliphatic rings. The van der Waals surface area contributed by atoms with Gasteiger partial charge in [0.05, 0.1) is 16.1 Å². The number of nitrogen functional groups attached to an aromatic ring is 1. The van der Waals surface area contributed by atoms with E-state index < -0.39 is 0 Å². The number of rotatable bonds is 2. The summed E-state index contributed by atoms with van der Waals surface area (Å²) in [5.41, 5.74) is 7.89. The number of nitrogens with zero attached hydrogens (tertiary/aromatic N) is 2. The molecule has 1 aliphatic heterocycles. The first-order chi connectivity index (χ1) is 8.59. The minimum atomic E-state index is 0.251. The van der Waals surface area contributed by atoms with E-state index in [9.17, 15) is 0 Å². The fraction of sp³-hybridized carbons (Fsp3) is 0.462. The second kappa shape index (κ2) is 4.35. The average molecular weight is 282 g/mol. The summed E-state index contributed by atoms with van der Waals surface area (Å²) in [7, 11) is 0. The van der Waals surface area contributed by atoms with Crippen molar-refractivity contribution >= 4 is 40.3 Å². The van der Waals surface area contributed by atoms with Crippen LogP contribution in [0.4, 0.5) is 5.95 Å². The van der Waals surface area contributed by atoms with Gasteiger partial charge in [0.2, 0.25) is 5.95 Å². The quantitative estimate of drug-likeness (QED) is 0.915. The molecule has 1 fully saturated rings. The van der Waals surface area contributed by atoms with E-state index in [0.717, 1.165) is 22.6 Å². The summed E-state index contributed by atoms with van der Waals surface area (Å²) in [5, 5.41) is 0.725. The molecule has 1 aromatic heterocycles. The lowest BCUT2D eigenvalue weighted by Crippen LogP contribution is -2.24. The van der Waals surface area contributed by atoms with E-state index in [4.69, 9.17) is 17.3 Å². The van der Waals surface area contributed by atoms with Crippen molar-refractivity contribution in [3.8, 4) is 0 Å². The number of anilines is 1. The third-order valence-electron chi connectivity index (χ3n) is 3.54. The van der Waals surface area contributed by atoms with E-state index in [1.807, 2.05) is 30.0 Å². The van der Waals surface area contributed by atoms with Gasteiger partial charge < -0.3 is 10.3 Å². The Bertz CT molecular complexity index is 587. The van der Waals surface area contributed by atoms with Crippen molar-refractivity contribution in [3.63, 3.8) is 0 Å². The number of aromatic nitrogens is 2. The van der Waals surface area contributed by atoms with Gasteiger partial charge in [0.1, 0.15) is 0 Å².